The van der Waals surface area contributed by atoms with E-state index in [0.717, 1.165) is 78.1 Å². The van der Waals surface area contributed by atoms with Crippen molar-refractivity contribution in [3.63, 3.8) is 0 Å². The minimum Gasteiger partial charge on any atom is -0.254 e. The van der Waals surface area contributed by atoms with Crippen LogP contribution < -0.4 is 10.4 Å². The van der Waals surface area contributed by atoms with E-state index < -0.39 is 16.1 Å². The highest BCUT2D eigenvalue weighted by Gasteiger charge is 2.19. The highest BCUT2D eigenvalue weighted by molar-refractivity contribution is 6.89. The Balaban J connectivity index is 1.11. The van der Waals surface area contributed by atoms with Gasteiger partial charge in [0.2, 0.25) is 0 Å². The van der Waals surface area contributed by atoms with Gasteiger partial charge in [0.15, 0.2) is 5.82 Å². The third-order valence-corrected chi connectivity index (χ3v) is 14.0. The van der Waals surface area contributed by atoms with Crippen molar-refractivity contribution in [1.29, 1.82) is 0 Å². The molecule has 6 heteroatoms. The highest BCUT2D eigenvalue weighted by Crippen LogP contribution is 2.31. The molecule has 52 heavy (non-hydrogen) atoms. The van der Waals surface area contributed by atoms with Gasteiger partial charge >= 0.3 is 0 Å². The maximum absolute atomic E-state index is 5.13. The lowest BCUT2D eigenvalue weighted by Crippen LogP contribution is -2.37. The molecule has 0 unspecified atom stereocenters. The van der Waals surface area contributed by atoms with Gasteiger partial charge in [-0.1, -0.05) is 171 Å². The summed E-state index contributed by atoms with van der Waals surface area (Å²) in [6.07, 6.45) is 1.83. The molecule has 254 valence electrons. The number of nitrogens with zero attached hydrogens (tertiary/aromatic N) is 4. The molecule has 4 nitrogen and oxygen atoms in total. The molecule has 0 aliphatic rings. The van der Waals surface area contributed by atoms with Crippen LogP contribution >= 0.6 is 0 Å². The van der Waals surface area contributed by atoms with Crippen molar-refractivity contribution in [3.05, 3.63) is 146 Å². The van der Waals surface area contributed by atoms with Crippen LogP contribution in [-0.2, 0) is 0 Å². The largest absolute Gasteiger partial charge is 0.254 e. The van der Waals surface area contributed by atoms with Crippen LogP contribution in [0.3, 0.4) is 0 Å². The number of rotatable bonds is 7. The van der Waals surface area contributed by atoms with Crippen molar-refractivity contribution in [2.75, 3.05) is 0 Å². The maximum Gasteiger partial charge on any atom is 0.160 e. The summed E-state index contributed by atoms with van der Waals surface area (Å²) in [5, 5.41) is 5.06. The molecule has 3 heterocycles. The van der Waals surface area contributed by atoms with E-state index in [0.29, 0.717) is 0 Å². The Bertz CT molecular complexity index is 2470. The van der Waals surface area contributed by atoms with Crippen molar-refractivity contribution in [2.45, 2.75) is 39.3 Å². The Hall–Kier alpha value is -5.57. The number of benzene rings is 5. The molecule has 0 saturated carbocycles. The second-order valence-electron chi connectivity index (χ2n) is 15.7. The molecule has 0 N–H and O–H groups in total. The monoisotopic (exact) mass is 706 g/mol. The van der Waals surface area contributed by atoms with Gasteiger partial charge in [-0.2, -0.15) is 0 Å². The summed E-state index contributed by atoms with van der Waals surface area (Å²) in [5.74, 6) is 0.745. The molecule has 0 aliphatic carbocycles. The van der Waals surface area contributed by atoms with E-state index >= 15 is 0 Å². The van der Waals surface area contributed by atoms with E-state index in [-0.39, 0.29) is 0 Å². The molecule has 3 aromatic heterocycles. The molecule has 8 rings (SSSR count). The summed E-state index contributed by atoms with van der Waals surface area (Å²) in [7, 11) is -2.84. The predicted molar refractivity (Wildman–Crippen MR) is 226 cm³/mol. The summed E-state index contributed by atoms with van der Waals surface area (Å²) >= 11 is 0. The highest BCUT2D eigenvalue weighted by atomic mass is 28.3. The third-order valence-electron chi connectivity index (χ3n) is 9.91. The van der Waals surface area contributed by atoms with Crippen LogP contribution in [-0.4, -0.2) is 36.1 Å². The van der Waals surface area contributed by atoms with E-state index in [4.69, 9.17) is 15.0 Å². The topological polar surface area (TPSA) is 51.6 Å². The molecule has 0 aliphatic heterocycles. The maximum atomic E-state index is 5.13. The Kier molecular flexibility index (Phi) is 8.52. The molecule has 8 aromatic rings. The molecule has 5 aromatic carbocycles. The zero-order valence-corrected chi connectivity index (χ0v) is 32.6. The Morgan fingerprint density at radius 2 is 0.788 bits per heavy atom. The molecule has 0 radical (unpaired) electrons. The second kappa shape index (κ2) is 13.2. The second-order valence-corrected chi connectivity index (χ2v) is 25.8. The summed E-state index contributed by atoms with van der Waals surface area (Å²) in [4.78, 5) is 19.9. The quantitative estimate of drug-likeness (QED) is 0.122. The first-order chi connectivity index (χ1) is 25.0. The number of pyridine rings is 2. The van der Waals surface area contributed by atoms with Crippen molar-refractivity contribution in [3.8, 4) is 56.3 Å². The molecule has 0 saturated heterocycles. The lowest BCUT2D eigenvalue weighted by Gasteiger charge is -2.17. The fourth-order valence-electron chi connectivity index (χ4n) is 6.68. The average molecular weight is 707 g/mol. The van der Waals surface area contributed by atoms with E-state index in [2.05, 4.69) is 178 Å². The smallest absolute Gasteiger partial charge is 0.160 e. The van der Waals surface area contributed by atoms with Crippen molar-refractivity contribution < 1.29 is 0 Å². The number of hydrogen-bond donors (Lipinski definition) is 0. The SMILES string of the molecule is C[Si](C)(C)c1ccc(-c2cc(-c3ccc(-c4ccc(-c5ccc6ccc7cccnc7c6n5)cc4)cc3)nc(-c3ccc([Si](C)(C)C)cc3)n2)cc1. The molecular formula is C46H42N4Si2. The molecule has 0 spiro atoms. The zero-order chi connectivity index (χ0) is 36.0. The lowest BCUT2D eigenvalue weighted by molar-refractivity contribution is 1.18. The normalized spacial score (nSPS) is 12.0. The molecular weight excluding hydrogens is 665 g/mol. The molecule has 0 fully saturated rings. The van der Waals surface area contributed by atoms with Gasteiger partial charge < -0.3 is 0 Å². The Morgan fingerprint density at radius 1 is 0.365 bits per heavy atom. The van der Waals surface area contributed by atoms with Crippen molar-refractivity contribution in [1.82, 2.24) is 19.9 Å². The van der Waals surface area contributed by atoms with Gasteiger partial charge in [0.05, 0.1) is 44.3 Å². The lowest BCUT2D eigenvalue weighted by atomic mass is 10.00. The van der Waals surface area contributed by atoms with Crippen LogP contribution in [0.25, 0.3) is 78.1 Å². The summed E-state index contributed by atoms with van der Waals surface area (Å²) in [6.45, 7) is 14.3. The van der Waals surface area contributed by atoms with Gasteiger partial charge in [-0.15, -0.1) is 0 Å². The van der Waals surface area contributed by atoms with Crippen LogP contribution in [0.15, 0.2) is 146 Å². The molecule has 0 bridgehead atoms. The van der Waals surface area contributed by atoms with Crippen LogP contribution in [0, 0.1) is 0 Å². The summed E-state index contributed by atoms with van der Waals surface area (Å²) < 4.78 is 0. The fraction of sp³-hybridized carbons (Fsp3) is 0.130. The first-order valence-corrected chi connectivity index (χ1v) is 25.0. The number of fused-ring (bicyclic) bond motifs is 3. The average Bonchev–Trinajstić information content (AvgIpc) is 3.17. The Morgan fingerprint density at radius 3 is 1.31 bits per heavy atom. The van der Waals surface area contributed by atoms with Crippen LogP contribution in [0.1, 0.15) is 0 Å². The Labute approximate surface area is 308 Å². The van der Waals surface area contributed by atoms with Crippen LogP contribution in [0.5, 0.6) is 0 Å². The standard InChI is InChI=1S/C46H42N4Si2/c1-51(2,3)39-24-19-35(20-25-39)43-30-42(49-46(50-43)38-21-26-40(27-22-38)52(4,5)6)34-15-11-32(12-16-34)31-9-13-33(14-10-31)41-28-23-37-18-17-36-8-7-29-47-44(36)45(37)48-41/h7-30H,1-6H3. The van der Waals surface area contributed by atoms with Gasteiger partial charge in [-0.3, -0.25) is 4.98 Å². The number of hydrogen-bond acceptors (Lipinski definition) is 4. The molecule has 0 atom stereocenters. The van der Waals surface area contributed by atoms with E-state index in [9.17, 15) is 0 Å². The fourth-order valence-corrected chi connectivity index (χ4v) is 9.02. The minimum atomic E-state index is -1.42. The first-order valence-electron chi connectivity index (χ1n) is 18.0. The van der Waals surface area contributed by atoms with Gasteiger partial charge in [0, 0.05) is 39.2 Å². The predicted octanol–water partition coefficient (Wildman–Crippen LogP) is 11.0. The van der Waals surface area contributed by atoms with E-state index in [1.54, 1.807) is 0 Å². The summed E-state index contributed by atoms with van der Waals surface area (Å²) in [6, 6.07) is 49.9. The molecule has 0 amide bonds. The van der Waals surface area contributed by atoms with Crippen LogP contribution in [0.4, 0.5) is 0 Å². The summed E-state index contributed by atoms with van der Waals surface area (Å²) in [5.41, 5.74) is 11.2. The van der Waals surface area contributed by atoms with Gasteiger partial charge in [0.1, 0.15) is 0 Å². The first kappa shape index (κ1) is 33.6. The van der Waals surface area contributed by atoms with E-state index in [1.165, 1.54) is 10.4 Å². The van der Waals surface area contributed by atoms with Gasteiger partial charge in [0.25, 0.3) is 0 Å². The number of aromatic nitrogens is 4. The van der Waals surface area contributed by atoms with Crippen molar-refractivity contribution >= 4 is 48.3 Å². The van der Waals surface area contributed by atoms with E-state index in [1.807, 2.05) is 12.3 Å². The van der Waals surface area contributed by atoms with Gasteiger partial charge in [-0.25, -0.2) is 15.0 Å². The van der Waals surface area contributed by atoms with Gasteiger partial charge in [-0.05, 0) is 29.3 Å². The van der Waals surface area contributed by atoms with Crippen LogP contribution in [0.2, 0.25) is 39.3 Å². The third kappa shape index (κ3) is 6.75. The van der Waals surface area contributed by atoms with Crippen molar-refractivity contribution in [2.24, 2.45) is 0 Å². The zero-order valence-electron chi connectivity index (χ0n) is 30.6. The minimum absolute atomic E-state index is 0.745.